The molecule has 0 aliphatic heterocycles. The average Bonchev–Trinajstić information content (AvgIpc) is 2.93. The zero-order valence-corrected chi connectivity index (χ0v) is 13.2. The molecule has 1 aromatic carbocycles. The average molecular weight is 295 g/mol. The second-order valence-electron chi connectivity index (χ2n) is 6.80. The second kappa shape index (κ2) is 7.88. The molecule has 2 rings (SSSR count). The van der Waals surface area contributed by atoms with E-state index >= 15 is 0 Å². The molecule has 1 aromatic rings. The highest BCUT2D eigenvalue weighted by molar-refractivity contribution is 5.19. The van der Waals surface area contributed by atoms with Crippen LogP contribution in [0.4, 0.5) is 8.78 Å². The van der Waals surface area contributed by atoms with Gasteiger partial charge >= 0.3 is 0 Å². The molecule has 1 saturated carbocycles. The van der Waals surface area contributed by atoms with Gasteiger partial charge in [-0.25, -0.2) is 8.78 Å². The fraction of sp³-hybridized carbons (Fsp3) is 0.667. The fourth-order valence-corrected chi connectivity index (χ4v) is 3.36. The van der Waals surface area contributed by atoms with E-state index in [4.69, 9.17) is 0 Å². The summed E-state index contributed by atoms with van der Waals surface area (Å²) in [6.45, 7) is 6.31. The summed E-state index contributed by atoms with van der Waals surface area (Å²) in [5.41, 5.74) is 0.652. The molecule has 1 fully saturated rings. The monoisotopic (exact) mass is 295 g/mol. The maximum Gasteiger partial charge on any atom is 0.129 e. The number of rotatable bonds is 7. The van der Waals surface area contributed by atoms with Crippen molar-refractivity contribution in [2.24, 2.45) is 17.8 Å². The Bertz CT molecular complexity index is 439. The maximum atomic E-state index is 13.9. The van der Waals surface area contributed by atoms with E-state index in [1.54, 1.807) is 6.07 Å². The lowest BCUT2D eigenvalue weighted by atomic mass is 9.85. The van der Waals surface area contributed by atoms with Crippen LogP contribution in [0.25, 0.3) is 0 Å². The van der Waals surface area contributed by atoms with Gasteiger partial charge in [-0.05, 0) is 48.9 Å². The number of nitrogens with one attached hydrogen (secondary N) is 1. The van der Waals surface area contributed by atoms with Gasteiger partial charge < -0.3 is 5.32 Å². The molecule has 1 aliphatic carbocycles. The third-order valence-corrected chi connectivity index (χ3v) is 4.52. The second-order valence-corrected chi connectivity index (χ2v) is 6.80. The summed E-state index contributed by atoms with van der Waals surface area (Å²) in [4.78, 5) is 0. The fourth-order valence-electron chi connectivity index (χ4n) is 3.36. The number of halogens is 2. The van der Waals surface area contributed by atoms with Crippen LogP contribution >= 0.6 is 0 Å². The first-order chi connectivity index (χ1) is 10.1. The van der Waals surface area contributed by atoms with Gasteiger partial charge in [0, 0.05) is 6.07 Å². The molecule has 1 atom stereocenters. The Morgan fingerprint density at radius 1 is 1.14 bits per heavy atom. The molecule has 0 saturated heterocycles. The van der Waals surface area contributed by atoms with E-state index in [1.807, 2.05) is 0 Å². The van der Waals surface area contributed by atoms with E-state index in [2.05, 4.69) is 19.2 Å². The lowest BCUT2D eigenvalue weighted by molar-refractivity contribution is 0.313. The van der Waals surface area contributed by atoms with Crippen LogP contribution in [0.15, 0.2) is 18.2 Å². The number of hydrogen-bond donors (Lipinski definition) is 1. The van der Waals surface area contributed by atoms with Crippen LogP contribution < -0.4 is 5.32 Å². The summed E-state index contributed by atoms with van der Waals surface area (Å²) in [5, 5.41) is 3.52. The summed E-state index contributed by atoms with van der Waals surface area (Å²) in [5.74, 6) is 0.852. The van der Waals surface area contributed by atoms with Crippen molar-refractivity contribution >= 4 is 0 Å². The molecule has 0 radical (unpaired) electrons. The largest absolute Gasteiger partial charge is 0.316 e. The normalized spacial score (nSPS) is 17.6. The first-order valence-corrected chi connectivity index (χ1v) is 8.21. The summed E-state index contributed by atoms with van der Waals surface area (Å²) in [7, 11) is 0. The molecule has 0 spiro atoms. The van der Waals surface area contributed by atoms with Crippen LogP contribution in [0.2, 0.25) is 0 Å². The minimum atomic E-state index is -0.494. The minimum absolute atomic E-state index is 0.401. The van der Waals surface area contributed by atoms with Crippen LogP contribution in [0.1, 0.15) is 45.1 Å². The van der Waals surface area contributed by atoms with Crippen molar-refractivity contribution in [2.45, 2.75) is 46.0 Å². The molecule has 1 N–H and O–H groups in total. The summed E-state index contributed by atoms with van der Waals surface area (Å²) in [6, 6.07) is 3.98. The van der Waals surface area contributed by atoms with E-state index in [-0.39, 0.29) is 0 Å². The molecule has 0 aromatic heterocycles. The Labute approximate surface area is 127 Å². The van der Waals surface area contributed by atoms with Crippen molar-refractivity contribution in [3.8, 4) is 0 Å². The highest BCUT2D eigenvalue weighted by Gasteiger charge is 2.25. The van der Waals surface area contributed by atoms with E-state index in [0.29, 0.717) is 29.7 Å². The zero-order chi connectivity index (χ0) is 15.2. The van der Waals surface area contributed by atoms with Crippen LogP contribution in [0.3, 0.4) is 0 Å². The van der Waals surface area contributed by atoms with Gasteiger partial charge in [-0.1, -0.05) is 45.6 Å². The summed E-state index contributed by atoms with van der Waals surface area (Å²) in [6.07, 6.45) is 5.78. The van der Waals surface area contributed by atoms with Crippen molar-refractivity contribution in [1.82, 2.24) is 5.32 Å². The van der Waals surface area contributed by atoms with Crippen molar-refractivity contribution < 1.29 is 8.78 Å². The predicted molar refractivity (Wildman–Crippen MR) is 83.2 cm³/mol. The van der Waals surface area contributed by atoms with Gasteiger partial charge in [-0.3, -0.25) is 0 Å². The third kappa shape index (κ3) is 5.06. The maximum absolute atomic E-state index is 13.9. The molecule has 118 valence electrons. The zero-order valence-electron chi connectivity index (χ0n) is 13.2. The van der Waals surface area contributed by atoms with Crippen LogP contribution in [0.5, 0.6) is 0 Å². The Balaban J connectivity index is 2.00. The lowest BCUT2D eigenvalue weighted by Gasteiger charge is -2.25. The van der Waals surface area contributed by atoms with Gasteiger partial charge in [-0.15, -0.1) is 0 Å². The van der Waals surface area contributed by atoms with E-state index in [1.165, 1.54) is 31.7 Å². The Hall–Kier alpha value is -0.960. The van der Waals surface area contributed by atoms with E-state index < -0.39 is 11.6 Å². The summed E-state index contributed by atoms with van der Waals surface area (Å²) >= 11 is 0. The predicted octanol–water partition coefficient (Wildman–Crippen LogP) is 4.56. The van der Waals surface area contributed by atoms with Crippen LogP contribution in [-0.2, 0) is 6.42 Å². The Kier molecular flexibility index (Phi) is 6.16. The topological polar surface area (TPSA) is 12.0 Å². The van der Waals surface area contributed by atoms with Crippen molar-refractivity contribution in [2.75, 3.05) is 13.1 Å². The molecule has 1 aliphatic rings. The molecular formula is C18H27F2N. The van der Waals surface area contributed by atoms with Crippen LogP contribution in [-0.4, -0.2) is 13.1 Å². The Morgan fingerprint density at radius 3 is 2.48 bits per heavy atom. The van der Waals surface area contributed by atoms with Gasteiger partial charge in [0.15, 0.2) is 0 Å². The standard InChI is InChI=1S/C18H27F2N/c1-13(2)11-21-12-16(14-5-3-4-6-14)9-15-7-8-17(19)10-18(15)20/h7-8,10,13-14,16,21H,3-6,9,11-12H2,1-2H3. The number of hydrogen-bond acceptors (Lipinski definition) is 1. The molecule has 3 heteroatoms. The molecule has 0 bridgehead atoms. The van der Waals surface area contributed by atoms with Gasteiger partial charge in [0.05, 0.1) is 0 Å². The van der Waals surface area contributed by atoms with Crippen LogP contribution in [0, 0.1) is 29.4 Å². The molecular weight excluding hydrogens is 268 g/mol. The quantitative estimate of drug-likeness (QED) is 0.777. The van der Waals surface area contributed by atoms with Crippen molar-refractivity contribution in [3.63, 3.8) is 0 Å². The molecule has 0 amide bonds. The Morgan fingerprint density at radius 2 is 1.86 bits per heavy atom. The van der Waals surface area contributed by atoms with E-state index in [9.17, 15) is 8.78 Å². The highest BCUT2D eigenvalue weighted by Crippen LogP contribution is 2.33. The highest BCUT2D eigenvalue weighted by atomic mass is 19.1. The van der Waals surface area contributed by atoms with Gasteiger partial charge in [0.2, 0.25) is 0 Å². The number of benzene rings is 1. The van der Waals surface area contributed by atoms with Gasteiger partial charge in [0.25, 0.3) is 0 Å². The molecule has 0 heterocycles. The van der Waals surface area contributed by atoms with Crippen molar-refractivity contribution in [3.05, 3.63) is 35.4 Å². The van der Waals surface area contributed by atoms with Crippen molar-refractivity contribution in [1.29, 1.82) is 0 Å². The first kappa shape index (κ1) is 16.4. The van der Waals surface area contributed by atoms with E-state index in [0.717, 1.165) is 19.2 Å². The van der Waals surface area contributed by atoms with Gasteiger partial charge in [-0.2, -0.15) is 0 Å². The SMILES string of the molecule is CC(C)CNCC(Cc1ccc(F)cc1F)C1CCCC1. The molecule has 1 nitrogen and oxygen atoms in total. The smallest absolute Gasteiger partial charge is 0.129 e. The van der Waals surface area contributed by atoms with Gasteiger partial charge in [0.1, 0.15) is 11.6 Å². The molecule has 21 heavy (non-hydrogen) atoms. The first-order valence-electron chi connectivity index (χ1n) is 8.21. The minimum Gasteiger partial charge on any atom is -0.316 e. The molecule has 1 unspecified atom stereocenters. The lowest BCUT2D eigenvalue weighted by Crippen LogP contribution is -2.31. The third-order valence-electron chi connectivity index (χ3n) is 4.52. The summed E-state index contributed by atoms with van der Waals surface area (Å²) < 4.78 is 26.9.